The lowest BCUT2D eigenvalue weighted by molar-refractivity contribution is -0.137. The molecule has 6 rings (SSSR count). The summed E-state index contributed by atoms with van der Waals surface area (Å²) in [7, 11) is 0. The van der Waals surface area contributed by atoms with Gasteiger partial charge in [0.1, 0.15) is 11.8 Å². The highest BCUT2D eigenvalue weighted by Crippen LogP contribution is 2.55. The summed E-state index contributed by atoms with van der Waals surface area (Å²) >= 11 is 26.6. The van der Waals surface area contributed by atoms with E-state index < -0.39 is 58.0 Å². The van der Waals surface area contributed by atoms with Gasteiger partial charge in [-0.1, -0.05) is 87.7 Å². The SMILES string of the molecule is O=C(Cn1c2c(sc1=O)[C@H](c1cccc(Cl)c1Cl)C1C(=O)N(c3cccc(C(F)(F)F)c3)C(=O)C1S2)Nc1ccc(Cl)c(Cl)c1. The number of amides is 3. The molecule has 2 aliphatic heterocycles. The van der Waals surface area contributed by atoms with Crippen molar-refractivity contribution in [1.82, 2.24) is 4.57 Å². The molecule has 16 heteroatoms. The van der Waals surface area contributed by atoms with Crippen molar-refractivity contribution in [2.24, 2.45) is 5.92 Å². The van der Waals surface area contributed by atoms with E-state index in [0.717, 1.165) is 46.2 Å². The van der Waals surface area contributed by atoms with E-state index >= 15 is 0 Å². The van der Waals surface area contributed by atoms with E-state index in [2.05, 4.69) is 5.32 Å². The normalized spacial score (nSPS) is 19.4. The zero-order valence-corrected chi connectivity index (χ0v) is 26.9. The van der Waals surface area contributed by atoms with Crippen LogP contribution in [0.4, 0.5) is 24.5 Å². The van der Waals surface area contributed by atoms with Crippen molar-refractivity contribution in [2.45, 2.75) is 28.9 Å². The second-order valence-corrected chi connectivity index (χ2v) is 13.8. The number of anilines is 2. The first kappa shape index (κ1) is 32.0. The third kappa shape index (κ3) is 5.77. The fourth-order valence-corrected chi connectivity index (χ4v) is 8.83. The van der Waals surface area contributed by atoms with Gasteiger partial charge in [-0.05, 0) is 48.0 Å². The van der Waals surface area contributed by atoms with Crippen molar-refractivity contribution in [3.63, 3.8) is 0 Å². The molecule has 3 aromatic carbocycles. The molecular formula is C29H16Cl4F3N3O4S2. The minimum Gasteiger partial charge on any atom is -0.324 e. The van der Waals surface area contributed by atoms with Gasteiger partial charge in [0.2, 0.25) is 17.7 Å². The van der Waals surface area contributed by atoms with E-state index in [4.69, 9.17) is 46.4 Å². The summed E-state index contributed by atoms with van der Waals surface area (Å²) in [6.45, 7) is -0.454. The van der Waals surface area contributed by atoms with E-state index in [1.807, 2.05) is 0 Å². The van der Waals surface area contributed by atoms with Gasteiger partial charge in [0.25, 0.3) is 0 Å². The average Bonchev–Trinajstić information content (AvgIpc) is 3.42. The Kier molecular flexibility index (Phi) is 8.51. The minimum absolute atomic E-state index is 0.0864. The summed E-state index contributed by atoms with van der Waals surface area (Å²) in [6.07, 6.45) is -4.71. The van der Waals surface area contributed by atoms with E-state index in [1.54, 1.807) is 12.1 Å². The molecule has 2 unspecified atom stereocenters. The highest BCUT2D eigenvalue weighted by molar-refractivity contribution is 8.00. The maximum absolute atomic E-state index is 14.0. The lowest BCUT2D eigenvalue weighted by Gasteiger charge is -2.31. The number of carbonyl (C=O) groups excluding carboxylic acids is 3. The summed E-state index contributed by atoms with van der Waals surface area (Å²) in [4.78, 5) is 54.8. The van der Waals surface area contributed by atoms with Crippen LogP contribution in [-0.4, -0.2) is 27.5 Å². The predicted octanol–water partition coefficient (Wildman–Crippen LogP) is 7.98. The Hall–Kier alpha value is -3.00. The number of nitrogens with zero attached hydrogens (tertiary/aromatic N) is 2. The van der Waals surface area contributed by atoms with Crippen LogP contribution in [0.1, 0.15) is 21.9 Å². The summed E-state index contributed by atoms with van der Waals surface area (Å²) < 4.78 is 41.7. The number of imide groups is 1. The fourth-order valence-electron chi connectivity index (χ4n) is 5.34. The first-order chi connectivity index (χ1) is 21.3. The largest absolute Gasteiger partial charge is 0.416 e. The molecule has 232 valence electrons. The number of benzene rings is 3. The Morgan fingerprint density at radius 2 is 1.62 bits per heavy atom. The molecular weight excluding hydrogens is 717 g/mol. The molecule has 0 radical (unpaired) electrons. The second-order valence-electron chi connectivity index (χ2n) is 10.0. The van der Waals surface area contributed by atoms with Gasteiger partial charge in [-0.2, -0.15) is 13.2 Å². The fraction of sp³-hybridized carbons (Fsp3) is 0.172. The van der Waals surface area contributed by atoms with E-state index in [-0.39, 0.29) is 30.8 Å². The molecule has 4 aromatic rings. The highest BCUT2D eigenvalue weighted by atomic mass is 35.5. The molecule has 1 aromatic heterocycles. The van der Waals surface area contributed by atoms with Gasteiger partial charge in [0, 0.05) is 16.5 Å². The van der Waals surface area contributed by atoms with Gasteiger partial charge in [-0.3, -0.25) is 23.7 Å². The molecule has 1 saturated heterocycles. The lowest BCUT2D eigenvalue weighted by Crippen LogP contribution is -2.33. The Labute approximate surface area is 280 Å². The standard InChI is InChI=1S/C29H16Cl4F3N3O4S2/c30-16-8-7-13(10-18(16)32)37-19(40)11-38-27-24(45-28(38)43)20(15-5-2-6-17(31)22(15)33)21-23(44-27)26(42)39(25(21)41)14-4-1-3-12(9-14)29(34,35)36/h1-10,20-21,23H,11H2,(H,37,40)/t20-,21?,23?/m1/s1. The number of alkyl halides is 3. The predicted molar refractivity (Wildman–Crippen MR) is 169 cm³/mol. The lowest BCUT2D eigenvalue weighted by atomic mass is 9.83. The van der Waals surface area contributed by atoms with Gasteiger partial charge in [0.05, 0.1) is 42.3 Å². The molecule has 0 spiro atoms. The van der Waals surface area contributed by atoms with Crippen molar-refractivity contribution in [2.75, 3.05) is 10.2 Å². The summed E-state index contributed by atoms with van der Waals surface area (Å²) in [5.74, 6) is -4.23. The molecule has 2 aliphatic rings. The zero-order chi connectivity index (χ0) is 32.4. The van der Waals surface area contributed by atoms with E-state index in [1.165, 1.54) is 34.9 Å². The number of hydrogen-bond acceptors (Lipinski definition) is 6. The summed E-state index contributed by atoms with van der Waals surface area (Å²) in [5.41, 5.74) is -0.594. The number of fused-ring (bicyclic) bond motifs is 2. The van der Waals surface area contributed by atoms with Crippen LogP contribution in [0.3, 0.4) is 0 Å². The van der Waals surface area contributed by atoms with Crippen LogP contribution in [0.15, 0.2) is 70.5 Å². The van der Waals surface area contributed by atoms with Gasteiger partial charge in [0.15, 0.2) is 0 Å². The van der Waals surface area contributed by atoms with Crippen molar-refractivity contribution in [1.29, 1.82) is 0 Å². The summed E-state index contributed by atoms with van der Waals surface area (Å²) in [6, 6.07) is 13.1. The summed E-state index contributed by atoms with van der Waals surface area (Å²) in [5, 5.41) is 2.47. The number of hydrogen-bond donors (Lipinski definition) is 1. The molecule has 45 heavy (non-hydrogen) atoms. The van der Waals surface area contributed by atoms with Crippen LogP contribution in [-0.2, 0) is 27.1 Å². The molecule has 1 N–H and O–H groups in total. The van der Waals surface area contributed by atoms with Crippen LogP contribution in [0, 0.1) is 5.92 Å². The third-order valence-electron chi connectivity index (χ3n) is 7.30. The molecule has 3 heterocycles. The van der Waals surface area contributed by atoms with Gasteiger partial charge < -0.3 is 5.32 Å². The van der Waals surface area contributed by atoms with Crippen LogP contribution in [0.2, 0.25) is 20.1 Å². The number of carbonyl (C=O) groups is 3. The number of thioether (sulfide) groups is 1. The smallest absolute Gasteiger partial charge is 0.324 e. The van der Waals surface area contributed by atoms with Crippen molar-refractivity contribution >= 4 is 98.6 Å². The van der Waals surface area contributed by atoms with Gasteiger partial charge in [-0.25, -0.2) is 4.90 Å². The molecule has 3 amide bonds. The first-order valence-electron chi connectivity index (χ1n) is 12.9. The van der Waals surface area contributed by atoms with E-state index in [9.17, 15) is 32.3 Å². The highest BCUT2D eigenvalue weighted by Gasteiger charge is 2.57. The van der Waals surface area contributed by atoms with Crippen molar-refractivity contribution in [3.05, 3.63) is 106 Å². The Bertz CT molecular complexity index is 1970. The quantitative estimate of drug-likeness (QED) is 0.210. The maximum Gasteiger partial charge on any atom is 0.416 e. The van der Waals surface area contributed by atoms with Crippen LogP contribution in [0.25, 0.3) is 0 Å². The average molecular weight is 733 g/mol. The number of thiazole rings is 1. The molecule has 3 atom stereocenters. The first-order valence-corrected chi connectivity index (χ1v) is 16.1. The molecule has 0 bridgehead atoms. The molecule has 0 saturated carbocycles. The molecule has 1 fully saturated rings. The second kappa shape index (κ2) is 12.0. The monoisotopic (exact) mass is 731 g/mol. The number of nitrogens with one attached hydrogen (secondary N) is 1. The van der Waals surface area contributed by atoms with Crippen molar-refractivity contribution < 1.29 is 27.6 Å². The van der Waals surface area contributed by atoms with Crippen LogP contribution in [0.5, 0.6) is 0 Å². The zero-order valence-electron chi connectivity index (χ0n) is 22.2. The van der Waals surface area contributed by atoms with E-state index in [0.29, 0.717) is 16.1 Å². The third-order valence-corrected chi connectivity index (χ3v) is 11.5. The molecule has 0 aliphatic carbocycles. The minimum atomic E-state index is -4.71. The van der Waals surface area contributed by atoms with Crippen LogP contribution >= 0.6 is 69.5 Å². The van der Waals surface area contributed by atoms with Crippen LogP contribution < -0.4 is 15.1 Å². The molecule has 7 nitrogen and oxygen atoms in total. The number of rotatable bonds is 5. The number of aromatic nitrogens is 1. The van der Waals surface area contributed by atoms with Crippen molar-refractivity contribution in [3.8, 4) is 0 Å². The van der Waals surface area contributed by atoms with Gasteiger partial charge >= 0.3 is 11.0 Å². The Morgan fingerprint density at radius 3 is 2.33 bits per heavy atom. The Morgan fingerprint density at radius 1 is 0.889 bits per heavy atom. The number of halogens is 7. The van der Waals surface area contributed by atoms with Gasteiger partial charge in [-0.15, -0.1) is 0 Å². The maximum atomic E-state index is 14.0. The Balaban J connectivity index is 1.43. The topological polar surface area (TPSA) is 88.5 Å².